The number of likely N-dealkylation sites (tertiary alicyclic amines) is 1. The molecule has 9 heteroatoms. The van der Waals surface area contributed by atoms with Gasteiger partial charge < -0.3 is 9.22 Å². The van der Waals surface area contributed by atoms with Gasteiger partial charge in [0.1, 0.15) is 0 Å². The van der Waals surface area contributed by atoms with Gasteiger partial charge in [-0.05, 0) is 6.92 Å². The van der Waals surface area contributed by atoms with E-state index in [0.29, 0.717) is 0 Å². The van der Waals surface area contributed by atoms with Gasteiger partial charge in [-0.15, -0.1) is 0 Å². The van der Waals surface area contributed by atoms with Crippen molar-refractivity contribution in [2.45, 2.75) is 19.8 Å². The Hall–Kier alpha value is -0.0700. The molecule has 0 saturated carbocycles. The minimum atomic E-state index is -10.7. The number of hydrogen-bond acceptors (Lipinski definition) is 1. The summed E-state index contributed by atoms with van der Waals surface area (Å²) in [7, 11) is -8.86. The summed E-state index contributed by atoms with van der Waals surface area (Å²) in [5.41, 5.74) is 0. The molecule has 1 fully saturated rings. The van der Waals surface area contributed by atoms with Crippen LogP contribution in [-0.2, 0) is 4.74 Å². The number of halogens is 6. The molecule has 1 heterocycles. The molecule has 0 bridgehead atoms. The fourth-order valence-electron chi connectivity index (χ4n) is 1.82. The van der Waals surface area contributed by atoms with Gasteiger partial charge in [-0.1, -0.05) is 0 Å². The summed E-state index contributed by atoms with van der Waals surface area (Å²) in [6.07, 6.45) is 2.77. The third kappa shape index (κ3) is 12.2. The Bertz CT molecular complexity index is 233. The van der Waals surface area contributed by atoms with Crippen molar-refractivity contribution in [1.29, 1.82) is 0 Å². The van der Waals surface area contributed by atoms with Crippen molar-refractivity contribution in [3.63, 3.8) is 0 Å². The third-order valence-electron chi connectivity index (χ3n) is 2.59. The molecule has 0 aromatic carbocycles. The average molecular weight is 289 g/mol. The normalized spacial score (nSPS) is 23.3. The summed E-state index contributed by atoms with van der Waals surface area (Å²) in [4.78, 5) is 0. The van der Waals surface area contributed by atoms with E-state index in [1.54, 1.807) is 7.11 Å². The number of nitrogens with zero attached hydrogens (tertiary/aromatic N) is 1. The molecule has 108 valence electrons. The zero-order valence-corrected chi connectivity index (χ0v) is 10.7. The first-order valence-electron chi connectivity index (χ1n) is 5.18. The second-order valence-corrected chi connectivity index (χ2v) is 6.10. The van der Waals surface area contributed by atoms with E-state index in [2.05, 4.69) is 6.92 Å². The fraction of sp³-hybridized carbons (Fsp3) is 1.00. The van der Waals surface area contributed by atoms with Gasteiger partial charge in [0, 0.05) is 20.0 Å². The van der Waals surface area contributed by atoms with Crippen LogP contribution in [-0.4, -0.2) is 38.0 Å². The average Bonchev–Trinajstić information content (AvgIpc) is 2.49. The molecule has 1 saturated heterocycles. The van der Waals surface area contributed by atoms with E-state index in [-0.39, 0.29) is 0 Å². The number of rotatable bonds is 3. The Morgan fingerprint density at radius 3 is 1.59 bits per heavy atom. The molecule has 1 aliphatic rings. The van der Waals surface area contributed by atoms with Crippen molar-refractivity contribution < 1.29 is 34.4 Å². The maximum atomic E-state index is 9.87. The van der Waals surface area contributed by atoms with Crippen LogP contribution in [0.15, 0.2) is 0 Å². The van der Waals surface area contributed by atoms with Crippen LogP contribution in [0.3, 0.4) is 0 Å². The van der Waals surface area contributed by atoms with E-state index in [9.17, 15) is 25.2 Å². The summed E-state index contributed by atoms with van der Waals surface area (Å²) in [5.74, 6) is 0. The molecule has 0 aromatic rings. The van der Waals surface area contributed by atoms with Gasteiger partial charge in [0.2, 0.25) is 0 Å². The quantitative estimate of drug-likeness (QED) is 0.419. The summed E-state index contributed by atoms with van der Waals surface area (Å²) in [6.45, 7) is 7.04. The van der Waals surface area contributed by atoms with Crippen molar-refractivity contribution in [1.82, 2.24) is 0 Å². The van der Waals surface area contributed by atoms with Gasteiger partial charge in [-0.25, -0.2) is 0 Å². The standard InChI is InChI=1S/C8H18NO.F6P/c1-3-9(8-10-2)6-4-5-7-9;1-7(2,3,4,5)6/h3-8H2,1-2H3;/q+1;-1. The Kier molecular flexibility index (Phi) is 4.53. The number of hydrogen-bond donors (Lipinski definition) is 0. The number of ether oxygens (including phenoxy) is 1. The predicted octanol–water partition coefficient (Wildman–Crippen LogP) is 4.60. The fourth-order valence-corrected chi connectivity index (χ4v) is 1.82. The Morgan fingerprint density at radius 2 is 1.35 bits per heavy atom. The first-order chi connectivity index (χ1) is 7.28. The zero-order chi connectivity index (χ0) is 13.9. The molecule has 0 aromatic heterocycles. The van der Waals surface area contributed by atoms with E-state index < -0.39 is 7.81 Å². The van der Waals surface area contributed by atoms with E-state index in [1.165, 1.54) is 37.0 Å². The zero-order valence-electron chi connectivity index (χ0n) is 9.81. The van der Waals surface area contributed by atoms with Crippen LogP contribution < -0.4 is 0 Å². The molecule has 17 heavy (non-hydrogen) atoms. The van der Waals surface area contributed by atoms with Crippen LogP contribution in [0.4, 0.5) is 25.2 Å². The molecule has 1 rings (SSSR count). The molecule has 0 amide bonds. The molecule has 0 aliphatic carbocycles. The molecule has 0 radical (unpaired) electrons. The van der Waals surface area contributed by atoms with Gasteiger partial charge in [0.15, 0.2) is 6.73 Å². The van der Waals surface area contributed by atoms with Crippen molar-refractivity contribution in [2.75, 3.05) is 33.5 Å². The van der Waals surface area contributed by atoms with Crippen molar-refractivity contribution in [2.24, 2.45) is 0 Å². The topological polar surface area (TPSA) is 9.23 Å². The molecular formula is C8H18F6NOP. The second kappa shape index (κ2) is 4.55. The summed E-state index contributed by atoms with van der Waals surface area (Å²) >= 11 is 0. The summed E-state index contributed by atoms with van der Waals surface area (Å²) < 4.78 is 65.6. The van der Waals surface area contributed by atoms with Gasteiger partial charge in [-0.3, -0.25) is 0 Å². The molecule has 2 nitrogen and oxygen atoms in total. The molecular weight excluding hydrogens is 271 g/mol. The van der Waals surface area contributed by atoms with Crippen LogP contribution in [0, 0.1) is 0 Å². The SMILES string of the molecule is CC[N+]1(COC)CCCC1.F[P-](F)(F)(F)(F)F. The first-order valence-corrected chi connectivity index (χ1v) is 7.21. The van der Waals surface area contributed by atoms with Gasteiger partial charge in [-0.2, -0.15) is 0 Å². The minimum absolute atomic E-state index is 0.913. The predicted molar refractivity (Wildman–Crippen MR) is 55.2 cm³/mol. The van der Waals surface area contributed by atoms with Crippen LogP contribution in [0.1, 0.15) is 19.8 Å². The Balaban J connectivity index is 0.000000325. The number of methoxy groups -OCH3 is 1. The van der Waals surface area contributed by atoms with Crippen molar-refractivity contribution in [3.8, 4) is 0 Å². The summed E-state index contributed by atoms with van der Waals surface area (Å²) in [5, 5.41) is 0. The van der Waals surface area contributed by atoms with Crippen LogP contribution >= 0.6 is 7.81 Å². The van der Waals surface area contributed by atoms with Gasteiger partial charge in [0.25, 0.3) is 0 Å². The molecule has 0 atom stereocenters. The molecule has 0 spiro atoms. The van der Waals surface area contributed by atoms with E-state index in [0.717, 1.165) is 6.73 Å². The molecule has 1 aliphatic heterocycles. The molecule has 0 unspecified atom stereocenters. The van der Waals surface area contributed by atoms with Crippen LogP contribution in [0.5, 0.6) is 0 Å². The van der Waals surface area contributed by atoms with E-state index >= 15 is 0 Å². The second-order valence-electron chi connectivity index (χ2n) is 4.19. The van der Waals surface area contributed by atoms with E-state index in [1.807, 2.05) is 0 Å². The van der Waals surface area contributed by atoms with Gasteiger partial charge >= 0.3 is 33.0 Å². The Morgan fingerprint density at radius 1 is 1.00 bits per heavy atom. The van der Waals surface area contributed by atoms with E-state index in [4.69, 9.17) is 4.74 Å². The first kappa shape index (κ1) is 16.9. The summed E-state index contributed by atoms with van der Waals surface area (Å²) in [6, 6.07) is 0. The Labute approximate surface area is 96.4 Å². The third-order valence-corrected chi connectivity index (χ3v) is 2.59. The molecule has 0 N–H and O–H groups in total. The monoisotopic (exact) mass is 289 g/mol. The van der Waals surface area contributed by atoms with Crippen molar-refractivity contribution >= 4 is 7.81 Å². The van der Waals surface area contributed by atoms with Crippen LogP contribution in [0.2, 0.25) is 0 Å². The maximum absolute atomic E-state index is 10.7. The number of quaternary nitrogens is 1. The van der Waals surface area contributed by atoms with Gasteiger partial charge in [0.05, 0.1) is 19.6 Å². The van der Waals surface area contributed by atoms with Crippen molar-refractivity contribution in [3.05, 3.63) is 0 Å². The van der Waals surface area contributed by atoms with Crippen LogP contribution in [0.25, 0.3) is 0 Å².